The van der Waals surface area contributed by atoms with E-state index in [9.17, 15) is 4.79 Å². The molecule has 2 aromatic heterocycles. The van der Waals surface area contributed by atoms with Crippen molar-refractivity contribution in [1.29, 1.82) is 0 Å². The van der Waals surface area contributed by atoms with E-state index in [-0.39, 0.29) is 5.97 Å². The third-order valence-electron chi connectivity index (χ3n) is 3.21. The van der Waals surface area contributed by atoms with E-state index in [4.69, 9.17) is 10.5 Å². The first kappa shape index (κ1) is 12.7. The minimum absolute atomic E-state index is 0.319. The second-order valence-electron chi connectivity index (χ2n) is 4.53. The zero-order chi connectivity index (χ0) is 13.4. The van der Waals surface area contributed by atoms with E-state index in [1.54, 1.807) is 6.92 Å². The Morgan fingerprint density at radius 2 is 2.11 bits per heavy atom. The van der Waals surface area contributed by atoms with E-state index < -0.39 is 0 Å². The molecule has 3 rings (SSSR count). The minimum atomic E-state index is -0.319. The van der Waals surface area contributed by atoms with Crippen LogP contribution in [0.15, 0.2) is 12.1 Å². The maximum atomic E-state index is 11.8. The zero-order valence-electron chi connectivity index (χ0n) is 10.7. The summed E-state index contributed by atoms with van der Waals surface area (Å²) in [6.07, 6.45) is 3.63. The summed E-state index contributed by atoms with van der Waals surface area (Å²) in [6.45, 7) is 2.17. The first-order valence-electron chi connectivity index (χ1n) is 6.37. The minimum Gasteiger partial charge on any atom is -0.462 e. The lowest BCUT2D eigenvalue weighted by molar-refractivity contribution is 0.0533. The predicted molar refractivity (Wildman–Crippen MR) is 80.0 cm³/mol. The smallest absolute Gasteiger partial charge is 0.350 e. The van der Waals surface area contributed by atoms with Crippen LogP contribution >= 0.6 is 22.7 Å². The van der Waals surface area contributed by atoms with Crippen LogP contribution in [0.1, 0.15) is 33.5 Å². The molecule has 0 saturated heterocycles. The van der Waals surface area contributed by atoms with Crippen molar-refractivity contribution in [3.8, 4) is 9.75 Å². The molecular weight excluding hydrogens is 278 g/mol. The number of nitrogens with two attached hydrogens (primary N) is 1. The lowest BCUT2D eigenvalue weighted by Gasteiger charge is -1.98. The van der Waals surface area contributed by atoms with Crippen molar-refractivity contribution in [1.82, 2.24) is 0 Å². The van der Waals surface area contributed by atoms with Crippen molar-refractivity contribution in [2.45, 2.75) is 26.2 Å². The van der Waals surface area contributed by atoms with Crippen LogP contribution in [0.5, 0.6) is 0 Å². The molecule has 2 N–H and O–H groups in total. The van der Waals surface area contributed by atoms with E-state index in [2.05, 4.69) is 6.07 Å². The molecule has 0 amide bonds. The fraction of sp³-hybridized carbons (Fsp3) is 0.357. The molecule has 2 heterocycles. The van der Waals surface area contributed by atoms with Crippen LogP contribution in [0.25, 0.3) is 9.75 Å². The van der Waals surface area contributed by atoms with Crippen LogP contribution < -0.4 is 5.73 Å². The lowest BCUT2D eigenvalue weighted by Crippen LogP contribution is -2.04. The largest absolute Gasteiger partial charge is 0.462 e. The van der Waals surface area contributed by atoms with Crippen molar-refractivity contribution in [3.63, 3.8) is 0 Å². The second kappa shape index (κ2) is 4.98. The first-order valence-corrected chi connectivity index (χ1v) is 8.00. The highest BCUT2D eigenvalue weighted by atomic mass is 32.1. The summed E-state index contributed by atoms with van der Waals surface area (Å²) in [7, 11) is 0. The molecule has 19 heavy (non-hydrogen) atoms. The van der Waals surface area contributed by atoms with Crippen LogP contribution in [0.3, 0.4) is 0 Å². The van der Waals surface area contributed by atoms with Gasteiger partial charge in [-0.3, -0.25) is 0 Å². The van der Waals surface area contributed by atoms with Gasteiger partial charge in [-0.2, -0.15) is 0 Å². The number of ether oxygens (including phenoxy) is 1. The van der Waals surface area contributed by atoms with E-state index in [0.29, 0.717) is 17.2 Å². The maximum absolute atomic E-state index is 11.8. The Labute approximate surface area is 120 Å². The van der Waals surface area contributed by atoms with Crippen molar-refractivity contribution >= 4 is 34.3 Å². The number of rotatable bonds is 3. The SMILES string of the molecule is CCOC(=O)c1sc(-c2cc3c(s2)CCC3)cc1N. The Hall–Kier alpha value is -1.33. The highest BCUT2D eigenvalue weighted by Gasteiger charge is 2.20. The summed E-state index contributed by atoms with van der Waals surface area (Å²) in [5, 5.41) is 0. The Balaban J connectivity index is 1.93. The molecule has 0 spiro atoms. The molecule has 5 heteroatoms. The number of aryl methyl sites for hydroxylation is 2. The topological polar surface area (TPSA) is 52.3 Å². The van der Waals surface area contributed by atoms with Crippen LogP contribution in [0.4, 0.5) is 5.69 Å². The van der Waals surface area contributed by atoms with Gasteiger partial charge in [0.1, 0.15) is 4.88 Å². The number of nitrogen functional groups attached to an aromatic ring is 1. The molecular formula is C14H15NO2S2. The maximum Gasteiger partial charge on any atom is 0.350 e. The van der Waals surface area contributed by atoms with E-state index in [1.165, 1.54) is 45.9 Å². The van der Waals surface area contributed by atoms with Gasteiger partial charge in [-0.05, 0) is 43.9 Å². The van der Waals surface area contributed by atoms with Gasteiger partial charge in [0.25, 0.3) is 0 Å². The van der Waals surface area contributed by atoms with Crippen molar-refractivity contribution < 1.29 is 9.53 Å². The van der Waals surface area contributed by atoms with Gasteiger partial charge < -0.3 is 10.5 Å². The summed E-state index contributed by atoms with van der Waals surface area (Å²) in [4.78, 5) is 16.1. The lowest BCUT2D eigenvalue weighted by atomic mass is 10.2. The molecule has 100 valence electrons. The van der Waals surface area contributed by atoms with Crippen LogP contribution in [-0.2, 0) is 17.6 Å². The van der Waals surface area contributed by atoms with Gasteiger partial charge in [-0.1, -0.05) is 0 Å². The highest BCUT2D eigenvalue weighted by molar-refractivity contribution is 7.23. The molecule has 0 saturated carbocycles. The average molecular weight is 293 g/mol. The molecule has 0 fully saturated rings. The molecule has 0 aliphatic heterocycles. The van der Waals surface area contributed by atoms with E-state index in [0.717, 1.165) is 4.88 Å². The number of thiophene rings is 2. The molecule has 2 aromatic rings. The van der Waals surface area contributed by atoms with Gasteiger partial charge >= 0.3 is 5.97 Å². The molecule has 1 aliphatic rings. The van der Waals surface area contributed by atoms with Crippen molar-refractivity contribution in [2.75, 3.05) is 12.3 Å². The number of carbonyl (C=O) groups is 1. The summed E-state index contributed by atoms with van der Waals surface area (Å²) in [5.41, 5.74) is 7.90. The molecule has 0 unspecified atom stereocenters. The Morgan fingerprint density at radius 1 is 1.32 bits per heavy atom. The zero-order valence-corrected chi connectivity index (χ0v) is 12.3. The molecule has 0 radical (unpaired) electrons. The fourth-order valence-electron chi connectivity index (χ4n) is 2.33. The Bertz CT molecular complexity index is 606. The highest BCUT2D eigenvalue weighted by Crippen LogP contribution is 2.41. The standard InChI is InChI=1S/C14H15NO2S2/c1-2-17-14(16)13-9(15)7-12(19-13)11-6-8-4-3-5-10(8)18-11/h6-7H,2-5,15H2,1H3. The summed E-state index contributed by atoms with van der Waals surface area (Å²) in [5.74, 6) is -0.319. The quantitative estimate of drug-likeness (QED) is 0.877. The Kier molecular flexibility index (Phi) is 3.33. The van der Waals surface area contributed by atoms with Gasteiger partial charge in [-0.25, -0.2) is 4.79 Å². The van der Waals surface area contributed by atoms with Crippen LogP contribution in [0, 0.1) is 0 Å². The number of hydrogen-bond acceptors (Lipinski definition) is 5. The predicted octanol–water partition coefficient (Wildman–Crippen LogP) is 3.72. The summed E-state index contributed by atoms with van der Waals surface area (Å²) < 4.78 is 5.01. The number of anilines is 1. The number of fused-ring (bicyclic) bond motifs is 1. The fourth-order valence-corrected chi connectivity index (χ4v) is 4.63. The first-order chi connectivity index (χ1) is 9.19. The third-order valence-corrected chi connectivity index (χ3v) is 5.77. The number of hydrogen-bond donors (Lipinski definition) is 1. The number of carbonyl (C=O) groups excluding carboxylic acids is 1. The van der Waals surface area contributed by atoms with Crippen LogP contribution in [0.2, 0.25) is 0 Å². The van der Waals surface area contributed by atoms with Crippen LogP contribution in [-0.4, -0.2) is 12.6 Å². The molecule has 1 aliphatic carbocycles. The molecule has 0 bridgehead atoms. The van der Waals surface area contributed by atoms with Gasteiger partial charge in [0.2, 0.25) is 0 Å². The molecule has 0 aromatic carbocycles. The normalized spacial score (nSPS) is 13.5. The molecule has 0 atom stereocenters. The van der Waals surface area contributed by atoms with Gasteiger partial charge in [0, 0.05) is 14.6 Å². The van der Waals surface area contributed by atoms with E-state index >= 15 is 0 Å². The average Bonchev–Trinajstić information content (AvgIpc) is 3.01. The summed E-state index contributed by atoms with van der Waals surface area (Å²) >= 11 is 3.25. The van der Waals surface area contributed by atoms with Crippen molar-refractivity contribution in [3.05, 3.63) is 27.5 Å². The monoisotopic (exact) mass is 293 g/mol. The summed E-state index contributed by atoms with van der Waals surface area (Å²) in [6, 6.07) is 4.13. The van der Waals surface area contributed by atoms with E-state index in [1.807, 2.05) is 17.4 Å². The Morgan fingerprint density at radius 3 is 2.84 bits per heavy atom. The van der Waals surface area contributed by atoms with Gasteiger partial charge in [0.05, 0.1) is 12.3 Å². The van der Waals surface area contributed by atoms with Gasteiger partial charge in [0.15, 0.2) is 0 Å². The molecule has 3 nitrogen and oxygen atoms in total. The van der Waals surface area contributed by atoms with Crippen molar-refractivity contribution in [2.24, 2.45) is 0 Å². The number of esters is 1. The second-order valence-corrected chi connectivity index (χ2v) is 6.72. The third kappa shape index (κ3) is 2.28. The van der Waals surface area contributed by atoms with Gasteiger partial charge in [-0.15, -0.1) is 22.7 Å².